The minimum absolute atomic E-state index is 0.0798. The average molecular weight is 396 g/mol. The highest BCUT2D eigenvalue weighted by molar-refractivity contribution is 6.37. The first kappa shape index (κ1) is 17.7. The molecule has 1 aromatic heterocycles. The number of fused-ring (bicyclic) bond motifs is 1. The second-order valence-corrected chi connectivity index (χ2v) is 7.17. The molecule has 27 heavy (non-hydrogen) atoms. The quantitative estimate of drug-likeness (QED) is 0.401. The fraction of sp³-hybridized carbons (Fsp3) is 0.0455. The zero-order chi connectivity index (χ0) is 19.1. The molecule has 0 spiro atoms. The van der Waals surface area contributed by atoms with Crippen molar-refractivity contribution < 1.29 is 9.21 Å². The van der Waals surface area contributed by atoms with Crippen LogP contribution in [0.3, 0.4) is 0 Å². The first-order valence-electron chi connectivity index (χ1n) is 8.33. The fourth-order valence-corrected chi connectivity index (χ4v) is 3.64. The van der Waals surface area contributed by atoms with E-state index < -0.39 is 0 Å². The van der Waals surface area contributed by atoms with Crippen molar-refractivity contribution in [2.75, 3.05) is 5.73 Å². The van der Waals surface area contributed by atoms with Gasteiger partial charge in [0.25, 0.3) is 0 Å². The van der Waals surface area contributed by atoms with Gasteiger partial charge in [-0.15, -0.1) is 0 Å². The number of benzene rings is 3. The van der Waals surface area contributed by atoms with E-state index >= 15 is 0 Å². The summed E-state index contributed by atoms with van der Waals surface area (Å²) in [6.45, 7) is 2.05. The lowest BCUT2D eigenvalue weighted by Gasteiger charge is -2.05. The molecule has 0 saturated carbocycles. The maximum Gasteiger partial charge on any atom is 0.231 e. The third-order valence-electron chi connectivity index (χ3n) is 4.57. The number of furan rings is 1. The van der Waals surface area contributed by atoms with Crippen LogP contribution >= 0.6 is 23.2 Å². The molecule has 0 radical (unpaired) electrons. The topological polar surface area (TPSA) is 56.2 Å². The van der Waals surface area contributed by atoms with Crippen molar-refractivity contribution in [1.82, 2.24) is 0 Å². The highest BCUT2D eigenvalue weighted by atomic mass is 35.5. The van der Waals surface area contributed by atoms with Crippen LogP contribution in [-0.4, -0.2) is 5.78 Å². The van der Waals surface area contributed by atoms with Gasteiger partial charge in [0.15, 0.2) is 5.76 Å². The molecule has 0 saturated heterocycles. The van der Waals surface area contributed by atoms with Crippen LogP contribution in [0, 0.1) is 6.92 Å². The van der Waals surface area contributed by atoms with Crippen LogP contribution in [0.25, 0.3) is 22.1 Å². The van der Waals surface area contributed by atoms with Gasteiger partial charge in [0, 0.05) is 16.0 Å². The Morgan fingerprint density at radius 1 is 1.00 bits per heavy atom. The Balaban J connectivity index is 1.82. The van der Waals surface area contributed by atoms with Crippen molar-refractivity contribution >= 4 is 45.6 Å². The largest absolute Gasteiger partial charge is 0.450 e. The van der Waals surface area contributed by atoms with Gasteiger partial charge >= 0.3 is 0 Å². The van der Waals surface area contributed by atoms with Gasteiger partial charge in [-0.1, -0.05) is 53.5 Å². The van der Waals surface area contributed by atoms with Gasteiger partial charge in [-0.3, -0.25) is 4.79 Å². The van der Waals surface area contributed by atoms with Crippen LogP contribution < -0.4 is 5.73 Å². The molecule has 134 valence electrons. The number of ketones is 1. The Hall–Kier alpha value is -2.75. The standard InChI is InChI=1S/C22H15Cl2NO2/c1-12-4-2-3-5-15(12)13-6-8-17-19(10-13)27-22(20(17)25)21(26)16-9-7-14(23)11-18(16)24/h2-11H,25H2,1H3. The van der Waals surface area contributed by atoms with Gasteiger partial charge < -0.3 is 10.2 Å². The van der Waals surface area contributed by atoms with E-state index in [4.69, 9.17) is 33.4 Å². The Bertz CT molecular complexity index is 1190. The summed E-state index contributed by atoms with van der Waals surface area (Å²) in [5.74, 6) is -0.293. The van der Waals surface area contributed by atoms with Crippen molar-refractivity contribution in [2.24, 2.45) is 0 Å². The molecule has 3 aromatic carbocycles. The molecule has 1 heterocycles. The third-order valence-corrected chi connectivity index (χ3v) is 5.11. The van der Waals surface area contributed by atoms with E-state index in [1.54, 1.807) is 12.1 Å². The normalized spacial score (nSPS) is 11.1. The van der Waals surface area contributed by atoms with E-state index in [0.717, 1.165) is 16.7 Å². The molecule has 0 amide bonds. The SMILES string of the molecule is Cc1ccccc1-c1ccc2c(N)c(C(=O)c3ccc(Cl)cc3Cl)oc2c1. The maximum atomic E-state index is 12.9. The van der Waals surface area contributed by atoms with Gasteiger partial charge in [-0.25, -0.2) is 0 Å². The van der Waals surface area contributed by atoms with Gasteiger partial charge in [0.1, 0.15) is 5.58 Å². The summed E-state index contributed by atoms with van der Waals surface area (Å²) >= 11 is 12.1. The van der Waals surface area contributed by atoms with Crippen LogP contribution in [0.4, 0.5) is 5.69 Å². The number of hydrogen-bond acceptors (Lipinski definition) is 3. The lowest BCUT2D eigenvalue weighted by atomic mass is 9.99. The first-order chi connectivity index (χ1) is 13.0. The van der Waals surface area contributed by atoms with Crippen LogP contribution in [0.2, 0.25) is 10.0 Å². The molecule has 3 nitrogen and oxygen atoms in total. The molecule has 0 atom stereocenters. The van der Waals surface area contributed by atoms with Gasteiger partial charge in [-0.2, -0.15) is 0 Å². The van der Waals surface area contributed by atoms with Crippen LogP contribution in [0.5, 0.6) is 0 Å². The van der Waals surface area contributed by atoms with Crippen LogP contribution in [-0.2, 0) is 0 Å². The molecular formula is C22H15Cl2NO2. The Morgan fingerprint density at radius 3 is 2.52 bits per heavy atom. The highest BCUT2D eigenvalue weighted by Gasteiger charge is 2.22. The smallest absolute Gasteiger partial charge is 0.231 e. The number of carbonyl (C=O) groups is 1. The molecule has 4 rings (SSSR count). The molecule has 0 unspecified atom stereocenters. The number of halogens is 2. The Kier molecular flexibility index (Phi) is 4.42. The fourth-order valence-electron chi connectivity index (χ4n) is 3.15. The lowest BCUT2D eigenvalue weighted by Crippen LogP contribution is -2.03. The summed E-state index contributed by atoms with van der Waals surface area (Å²) < 4.78 is 5.84. The monoisotopic (exact) mass is 395 g/mol. The van der Waals surface area contributed by atoms with E-state index in [2.05, 4.69) is 0 Å². The Morgan fingerprint density at radius 2 is 1.78 bits per heavy atom. The molecule has 0 aliphatic heterocycles. The second-order valence-electron chi connectivity index (χ2n) is 6.32. The minimum atomic E-state index is -0.372. The van der Waals surface area contributed by atoms with Crippen molar-refractivity contribution in [3.8, 4) is 11.1 Å². The van der Waals surface area contributed by atoms with Crippen molar-refractivity contribution in [3.05, 3.63) is 87.6 Å². The molecule has 0 aliphatic rings. The van der Waals surface area contributed by atoms with Crippen LogP contribution in [0.15, 0.2) is 65.1 Å². The molecular weight excluding hydrogens is 381 g/mol. The van der Waals surface area contributed by atoms with Gasteiger partial charge in [-0.05, 0) is 53.9 Å². The van der Waals surface area contributed by atoms with E-state index in [9.17, 15) is 4.79 Å². The van der Waals surface area contributed by atoms with Crippen molar-refractivity contribution in [1.29, 1.82) is 0 Å². The summed E-state index contributed by atoms with van der Waals surface area (Å²) in [6, 6.07) is 18.5. The van der Waals surface area contributed by atoms with Gasteiger partial charge in [0.05, 0.1) is 10.7 Å². The molecule has 5 heteroatoms. The van der Waals surface area contributed by atoms with Crippen molar-refractivity contribution in [3.63, 3.8) is 0 Å². The maximum absolute atomic E-state index is 12.9. The number of rotatable bonds is 3. The predicted octanol–water partition coefficient (Wildman–Crippen LogP) is 6.53. The minimum Gasteiger partial charge on any atom is -0.450 e. The number of nitrogens with two attached hydrogens (primary N) is 1. The number of aryl methyl sites for hydroxylation is 1. The summed E-state index contributed by atoms with van der Waals surface area (Å²) in [6.07, 6.45) is 0. The third kappa shape index (κ3) is 3.09. The number of hydrogen-bond donors (Lipinski definition) is 1. The molecule has 0 fully saturated rings. The van der Waals surface area contributed by atoms with Gasteiger partial charge in [0.2, 0.25) is 5.78 Å². The summed E-state index contributed by atoms with van der Waals surface area (Å²) in [5, 5.41) is 1.41. The van der Waals surface area contributed by atoms with E-state index in [1.807, 2.05) is 49.4 Å². The number of anilines is 1. The summed E-state index contributed by atoms with van der Waals surface area (Å²) in [4.78, 5) is 12.9. The van der Waals surface area contributed by atoms with E-state index in [1.165, 1.54) is 6.07 Å². The summed E-state index contributed by atoms with van der Waals surface area (Å²) in [7, 11) is 0. The van der Waals surface area contributed by atoms with Crippen molar-refractivity contribution in [2.45, 2.75) is 6.92 Å². The predicted molar refractivity (Wildman–Crippen MR) is 111 cm³/mol. The highest BCUT2D eigenvalue weighted by Crippen LogP contribution is 2.35. The first-order valence-corrected chi connectivity index (χ1v) is 9.09. The molecule has 0 bridgehead atoms. The summed E-state index contributed by atoms with van der Waals surface area (Å²) in [5.41, 5.74) is 10.6. The van der Waals surface area contributed by atoms with E-state index in [0.29, 0.717) is 27.2 Å². The number of carbonyl (C=O) groups excluding carboxylic acids is 1. The number of nitrogen functional groups attached to an aromatic ring is 1. The molecule has 0 aliphatic carbocycles. The zero-order valence-corrected chi connectivity index (χ0v) is 15.9. The average Bonchev–Trinajstić information content (AvgIpc) is 2.98. The molecule has 4 aromatic rings. The van der Waals surface area contributed by atoms with E-state index in [-0.39, 0.29) is 16.6 Å². The molecule has 2 N–H and O–H groups in total. The Labute approximate surface area is 166 Å². The zero-order valence-electron chi connectivity index (χ0n) is 14.4. The van der Waals surface area contributed by atoms with Crippen LogP contribution in [0.1, 0.15) is 21.7 Å². The second kappa shape index (κ2) is 6.76. The lowest BCUT2D eigenvalue weighted by molar-refractivity contribution is 0.101.